The van der Waals surface area contributed by atoms with Crippen molar-refractivity contribution in [3.63, 3.8) is 0 Å². The molecule has 0 bridgehead atoms. The van der Waals surface area contributed by atoms with Crippen LogP contribution in [0.3, 0.4) is 0 Å². The van der Waals surface area contributed by atoms with Gasteiger partial charge in [-0.15, -0.1) is 0 Å². The first kappa shape index (κ1) is 15.9. The molecule has 4 heteroatoms. The third kappa shape index (κ3) is 4.51. The Bertz CT molecular complexity index is 425. The van der Waals surface area contributed by atoms with E-state index in [1.807, 2.05) is 12.4 Å². The summed E-state index contributed by atoms with van der Waals surface area (Å²) in [7, 11) is 0. The highest BCUT2D eigenvalue weighted by Gasteiger charge is 2.24. The summed E-state index contributed by atoms with van der Waals surface area (Å²) in [5.74, 6) is 0.830. The number of likely N-dealkylation sites (tertiary alicyclic amines) is 1. The van der Waals surface area contributed by atoms with Gasteiger partial charge in [-0.25, -0.2) is 0 Å². The van der Waals surface area contributed by atoms with E-state index in [0.717, 1.165) is 32.2 Å². The maximum atomic E-state index is 5.44. The Kier molecular flexibility index (Phi) is 5.82. The summed E-state index contributed by atoms with van der Waals surface area (Å²) in [5.41, 5.74) is 1.39. The van der Waals surface area contributed by atoms with Crippen molar-refractivity contribution in [1.29, 1.82) is 0 Å². The Morgan fingerprint density at radius 3 is 2.68 bits per heavy atom. The van der Waals surface area contributed by atoms with Crippen LogP contribution in [0.4, 0.5) is 0 Å². The van der Waals surface area contributed by atoms with E-state index in [9.17, 15) is 0 Å². The van der Waals surface area contributed by atoms with Gasteiger partial charge in [0.1, 0.15) is 0 Å². The molecule has 0 N–H and O–H groups in total. The molecular weight excluding hydrogens is 274 g/mol. The molecule has 1 aromatic rings. The standard InChI is InChI=1S/C18H29N3O/c1-16(15-20-9-11-22-12-10-20)21-7-4-17(5-8-21)13-18-3-2-6-19-14-18/h2-3,6,14,16-17H,4-5,7-13,15H2,1H3. The van der Waals surface area contributed by atoms with Crippen molar-refractivity contribution < 1.29 is 4.74 Å². The summed E-state index contributed by atoms with van der Waals surface area (Å²) < 4.78 is 5.44. The van der Waals surface area contributed by atoms with Gasteiger partial charge in [0.15, 0.2) is 0 Å². The molecule has 0 aliphatic carbocycles. The highest BCUT2D eigenvalue weighted by molar-refractivity contribution is 5.09. The van der Waals surface area contributed by atoms with E-state index in [1.54, 1.807) is 0 Å². The maximum Gasteiger partial charge on any atom is 0.0594 e. The Morgan fingerprint density at radius 2 is 2.00 bits per heavy atom. The zero-order chi connectivity index (χ0) is 15.2. The average Bonchev–Trinajstić information content (AvgIpc) is 2.57. The number of piperidine rings is 1. The van der Waals surface area contributed by atoms with Crippen LogP contribution < -0.4 is 0 Å². The van der Waals surface area contributed by atoms with Crippen molar-refractivity contribution in [2.75, 3.05) is 45.9 Å². The number of morpholine rings is 1. The van der Waals surface area contributed by atoms with Crippen LogP contribution in [0.15, 0.2) is 24.5 Å². The van der Waals surface area contributed by atoms with E-state index >= 15 is 0 Å². The molecule has 0 aromatic carbocycles. The second-order valence-corrected chi connectivity index (χ2v) is 6.81. The van der Waals surface area contributed by atoms with Gasteiger partial charge < -0.3 is 4.74 Å². The molecule has 2 aliphatic heterocycles. The first-order valence-corrected chi connectivity index (χ1v) is 8.74. The first-order chi connectivity index (χ1) is 10.8. The Hall–Kier alpha value is -0.970. The number of hydrogen-bond acceptors (Lipinski definition) is 4. The van der Waals surface area contributed by atoms with Crippen LogP contribution in [-0.2, 0) is 11.2 Å². The minimum absolute atomic E-state index is 0.664. The summed E-state index contributed by atoms with van der Waals surface area (Å²) >= 11 is 0. The molecule has 22 heavy (non-hydrogen) atoms. The number of hydrogen-bond donors (Lipinski definition) is 0. The van der Waals surface area contributed by atoms with Gasteiger partial charge in [-0.1, -0.05) is 6.07 Å². The number of pyridine rings is 1. The lowest BCUT2D eigenvalue weighted by atomic mass is 9.90. The predicted octanol–water partition coefficient (Wildman–Crippen LogP) is 2.06. The van der Waals surface area contributed by atoms with Crippen molar-refractivity contribution in [3.05, 3.63) is 30.1 Å². The van der Waals surface area contributed by atoms with E-state index in [-0.39, 0.29) is 0 Å². The van der Waals surface area contributed by atoms with Gasteiger partial charge in [-0.05, 0) is 56.8 Å². The molecule has 122 valence electrons. The molecule has 0 spiro atoms. The SMILES string of the molecule is CC(CN1CCOCC1)N1CCC(Cc2cccnc2)CC1. The van der Waals surface area contributed by atoms with E-state index in [0.29, 0.717) is 6.04 Å². The number of rotatable bonds is 5. The molecule has 3 rings (SSSR count). The zero-order valence-corrected chi connectivity index (χ0v) is 13.8. The molecule has 0 radical (unpaired) electrons. The van der Waals surface area contributed by atoms with Gasteiger partial charge in [-0.2, -0.15) is 0 Å². The lowest BCUT2D eigenvalue weighted by molar-refractivity contribution is 0.0205. The fourth-order valence-corrected chi connectivity index (χ4v) is 3.72. The highest BCUT2D eigenvalue weighted by Crippen LogP contribution is 2.23. The van der Waals surface area contributed by atoms with E-state index < -0.39 is 0 Å². The van der Waals surface area contributed by atoms with Crippen LogP contribution in [0.1, 0.15) is 25.3 Å². The largest absolute Gasteiger partial charge is 0.379 e. The molecule has 1 unspecified atom stereocenters. The monoisotopic (exact) mass is 303 g/mol. The van der Waals surface area contributed by atoms with E-state index in [4.69, 9.17) is 4.74 Å². The third-order valence-corrected chi connectivity index (χ3v) is 5.15. The lowest BCUT2D eigenvalue weighted by Crippen LogP contribution is -2.48. The summed E-state index contributed by atoms with van der Waals surface area (Å²) in [6.07, 6.45) is 7.72. The Balaban J connectivity index is 1.41. The number of ether oxygens (including phenoxy) is 1. The molecular formula is C18H29N3O. The van der Waals surface area contributed by atoms with Gasteiger partial charge in [0.25, 0.3) is 0 Å². The molecule has 3 heterocycles. The molecule has 1 aromatic heterocycles. The minimum Gasteiger partial charge on any atom is -0.379 e. The van der Waals surface area contributed by atoms with Crippen molar-refractivity contribution in [3.8, 4) is 0 Å². The Morgan fingerprint density at radius 1 is 1.23 bits per heavy atom. The van der Waals surface area contributed by atoms with Crippen LogP contribution in [0.25, 0.3) is 0 Å². The third-order valence-electron chi connectivity index (χ3n) is 5.15. The number of nitrogens with zero attached hydrogens (tertiary/aromatic N) is 3. The van der Waals surface area contributed by atoms with E-state index in [1.165, 1.54) is 44.5 Å². The van der Waals surface area contributed by atoms with Gasteiger partial charge in [-0.3, -0.25) is 14.8 Å². The normalized spacial score (nSPS) is 23.5. The van der Waals surface area contributed by atoms with Crippen molar-refractivity contribution in [2.45, 2.75) is 32.2 Å². The molecule has 0 saturated carbocycles. The lowest BCUT2D eigenvalue weighted by Gasteiger charge is -2.39. The van der Waals surface area contributed by atoms with Gasteiger partial charge >= 0.3 is 0 Å². The number of aromatic nitrogens is 1. The summed E-state index contributed by atoms with van der Waals surface area (Å²) in [6, 6.07) is 4.92. The van der Waals surface area contributed by atoms with Crippen LogP contribution in [-0.4, -0.2) is 66.8 Å². The van der Waals surface area contributed by atoms with Gasteiger partial charge in [0.2, 0.25) is 0 Å². The molecule has 2 aliphatic rings. The van der Waals surface area contributed by atoms with Gasteiger partial charge in [0, 0.05) is 38.1 Å². The van der Waals surface area contributed by atoms with Crippen molar-refractivity contribution >= 4 is 0 Å². The Labute approximate surface area is 134 Å². The van der Waals surface area contributed by atoms with E-state index in [2.05, 4.69) is 33.8 Å². The van der Waals surface area contributed by atoms with Crippen LogP contribution in [0, 0.1) is 5.92 Å². The molecule has 2 fully saturated rings. The van der Waals surface area contributed by atoms with Crippen LogP contribution in [0.5, 0.6) is 0 Å². The second-order valence-electron chi connectivity index (χ2n) is 6.81. The van der Waals surface area contributed by atoms with Crippen molar-refractivity contribution in [1.82, 2.24) is 14.8 Å². The van der Waals surface area contributed by atoms with Crippen molar-refractivity contribution in [2.24, 2.45) is 5.92 Å². The predicted molar refractivity (Wildman–Crippen MR) is 89.0 cm³/mol. The van der Waals surface area contributed by atoms with Crippen LogP contribution in [0.2, 0.25) is 0 Å². The highest BCUT2D eigenvalue weighted by atomic mass is 16.5. The zero-order valence-electron chi connectivity index (χ0n) is 13.8. The first-order valence-electron chi connectivity index (χ1n) is 8.74. The van der Waals surface area contributed by atoms with Crippen LogP contribution >= 0.6 is 0 Å². The molecule has 0 amide bonds. The molecule has 1 atom stereocenters. The summed E-state index contributed by atoms with van der Waals surface area (Å²) in [5, 5.41) is 0. The molecule has 4 nitrogen and oxygen atoms in total. The smallest absolute Gasteiger partial charge is 0.0594 e. The fraction of sp³-hybridized carbons (Fsp3) is 0.722. The minimum atomic E-state index is 0.664. The maximum absolute atomic E-state index is 5.44. The fourth-order valence-electron chi connectivity index (χ4n) is 3.72. The average molecular weight is 303 g/mol. The topological polar surface area (TPSA) is 28.6 Å². The quantitative estimate of drug-likeness (QED) is 0.832. The van der Waals surface area contributed by atoms with Gasteiger partial charge in [0.05, 0.1) is 13.2 Å². The second kappa shape index (κ2) is 8.04. The summed E-state index contributed by atoms with van der Waals surface area (Å²) in [6.45, 7) is 10.1. The molecule has 2 saturated heterocycles. The summed E-state index contributed by atoms with van der Waals surface area (Å²) in [4.78, 5) is 9.46.